The van der Waals surface area contributed by atoms with E-state index in [0.29, 0.717) is 5.69 Å². The summed E-state index contributed by atoms with van der Waals surface area (Å²) in [4.78, 5) is 37.7. The molecule has 2 aromatic rings. The van der Waals surface area contributed by atoms with Gasteiger partial charge >= 0.3 is 0 Å². The molecule has 8 nitrogen and oxygen atoms in total. The number of hydrogen-bond donors (Lipinski definition) is 2. The fraction of sp³-hybridized carbons (Fsp3) is 0.364. The lowest BCUT2D eigenvalue weighted by Gasteiger charge is -2.18. The zero-order valence-corrected chi connectivity index (χ0v) is 17.4. The predicted octanol–water partition coefficient (Wildman–Crippen LogP) is 3.49. The summed E-state index contributed by atoms with van der Waals surface area (Å²) in [5, 5.41) is 16.9. The van der Waals surface area contributed by atoms with Gasteiger partial charge in [-0.15, -0.1) is 0 Å². The number of amides is 2. The van der Waals surface area contributed by atoms with Gasteiger partial charge in [0.25, 0.3) is 11.6 Å². The minimum absolute atomic E-state index is 0.0973. The van der Waals surface area contributed by atoms with Crippen LogP contribution in [0.4, 0.5) is 17.1 Å². The van der Waals surface area contributed by atoms with E-state index in [1.54, 1.807) is 12.1 Å². The van der Waals surface area contributed by atoms with Crippen LogP contribution in [-0.4, -0.2) is 36.4 Å². The maximum absolute atomic E-state index is 12.5. The van der Waals surface area contributed by atoms with Crippen LogP contribution in [0.25, 0.3) is 0 Å². The third-order valence-electron chi connectivity index (χ3n) is 5.23. The number of hydrogen-bond acceptors (Lipinski definition) is 5. The summed E-state index contributed by atoms with van der Waals surface area (Å²) in [5.41, 5.74) is 4.30. The molecule has 30 heavy (non-hydrogen) atoms. The molecule has 0 atom stereocenters. The van der Waals surface area contributed by atoms with Gasteiger partial charge in [-0.1, -0.05) is 17.7 Å². The van der Waals surface area contributed by atoms with E-state index in [4.69, 9.17) is 0 Å². The van der Waals surface area contributed by atoms with Crippen LogP contribution in [0.2, 0.25) is 0 Å². The van der Waals surface area contributed by atoms with Crippen molar-refractivity contribution >= 4 is 28.9 Å². The first-order valence-electron chi connectivity index (χ1n) is 9.95. The molecule has 2 aromatic carbocycles. The Morgan fingerprint density at radius 2 is 1.70 bits per heavy atom. The SMILES string of the molecule is Cc1cc(C)c(NC(=O)CNC(=O)c2ccc(N3CCCC3)c([N+](=O)[O-])c2)c(C)c1. The average molecular weight is 410 g/mol. The smallest absolute Gasteiger partial charge is 0.293 e. The van der Waals surface area contributed by atoms with E-state index in [0.717, 1.165) is 48.3 Å². The van der Waals surface area contributed by atoms with Gasteiger partial charge in [0.1, 0.15) is 5.69 Å². The first-order chi connectivity index (χ1) is 14.3. The molecule has 0 aromatic heterocycles. The van der Waals surface area contributed by atoms with Gasteiger partial charge in [0.2, 0.25) is 5.91 Å². The molecule has 2 N–H and O–H groups in total. The third kappa shape index (κ3) is 4.76. The molecule has 1 saturated heterocycles. The number of nitro benzene ring substituents is 1. The highest BCUT2D eigenvalue weighted by atomic mass is 16.6. The Hall–Kier alpha value is -3.42. The topological polar surface area (TPSA) is 105 Å². The summed E-state index contributed by atoms with van der Waals surface area (Å²) in [5.74, 6) is -0.889. The highest BCUT2D eigenvalue weighted by Crippen LogP contribution is 2.31. The molecule has 0 aliphatic carbocycles. The lowest BCUT2D eigenvalue weighted by molar-refractivity contribution is -0.384. The summed E-state index contributed by atoms with van der Waals surface area (Å²) in [6.45, 7) is 7.12. The van der Waals surface area contributed by atoms with Crippen molar-refractivity contribution in [2.75, 3.05) is 29.9 Å². The number of carbonyl (C=O) groups is 2. The number of nitrogens with one attached hydrogen (secondary N) is 2. The molecule has 0 spiro atoms. The Bertz CT molecular complexity index is 974. The summed E-state index contributed by atoms with van der Waals surface area (Å²) in [6.07, 6.45) is 1.99. The fourth-order valence-electron chi connectivity index (χ4n) is 3.86. The van der Waals surface area contributed by atoms with E-state index >= 15 is 0 Å². The van der Waals surface area contributed by atoms with Crippen molar-refractivity contribution in [1.29, 1.82) is 0 Å². The molecule has 158 valence electrons. The minimum Gasteiger partial charge on any atom is -0.366 e. The molecule has 0 bridgehead atoms. The van der Waals surface area contributed by atoms with Gasteiger partial charge < -0.3 is 15.5 Å². The molecule has 0 saturated carbocycles. The van der Waals surface area contributed by atoms with Crippen LogP contribution in [0.5, 0.6) is 0 Å². The summed E-state index contributed by atoms with van der Waals surface area (Å²) in [6, 6.07) is 8.39. The lowest BCUT2D eigenvalue weighted by atomic mass is 10.1. The second-order valence-corrected chi connectivity index (χ2v) is 7.66. The Morgan fingerprint density at radius 3 is 2.30 bits per heavy atom. The molecular weight excluding hydrogens is 384 g/mol. The zero-order chi connectivity index (χ0) is 21.8. The predicted molar refractivity (Wildman–Crippen MR) is 116 cm³/mol. The molecule has 1 fully saturated rings. The van der Waals surface area contributed by atoms with E-state index < -0.39 is 10.8 Å². The maximum Gasteiger partial charge on any atom is 0.293 e. The summed E-state index contributed by atoms with van der Waals surface area (Å²) < 4.78 is 0. The van der Waals surface area contributed by atoms with Crippen molar-refractivity contribution in [3.63, 3.8) is 0 Å². The van der Waals surface area contributed by atoms with Crippen LogP contribution in [0.15, 0.2) is 30.3 Å². The minimum atomic E-state index is -0.529. The number of benzene rings is 2. The molecule has 2 amide bonds. The van der Waals surface area contributed by atoms with Gasteiger partial charge in [-0.2, -0.15) is 0 Å². The van der Waals surface area contributed by atoms with Gasteiger partial charge in [-0.05, 0) is 56.9 Å². The number of nitrogens with zero attached hydrogens (tertiary/aromatic N) is 2. The Kier molecular flexibility index (Phi) is 6.34. The number of rotatable bonds is 6. The summed E-state index contributed by atoms with van der Waals surface area (Å²) in [7, 11) is 0. The molecule has 0 unspecified atom stereocenters. The van der Waals surface area contributed by atoms with Crippen LogP contribution in [0.1, 0.15) is 39.9 Å². The molecule has 1 aliphatic rings. The molecule has 1 heterocycles. The second-order valence-electron chi connectivity index (χ2n) is 7.66. The van der Waals surface area contributed by atoms with Gasteiger partial charge in [0.05, 0.1) is 11.5 Å². The first kappa shape index (κ1) is 21.3. The molecular formula is C22H26N4O4. The van der Waals surface area contributed by atoms with E-state index in [1.165, 1.54) is 6.07 Å². The van der Waals surface area contributed by atoms with E-state index in [1.807, 2.05) is 37.8 Å². The monoisotopic (exact) mass is 410 g/mol. The first-order valence-corrected chi connectivity index (χ1v) is 9.95. The lowest BCUT2D eigenvalue weighted by Crippen LogP contribution is -2.33. The van der Waals surface area contributed by atoms with E-state index in [9.17, 15) is 19.7 Å². The van der Waals surface area contributed by atoms with Gasteiger partial charge in [-0.3, -0.25) is 19.7 Å². The Morgan fingerprint density at radius 1 is 1.07 bits per heavy atom. The van der Waals surface area contributed by atoms with Crippen molar-refractivity contribution in [3.8, 4) is 0 Å². The quantitative estimate of drug-likeness (QED) is 0.560. The van der Waals surface area contributed by atoms with Gasteiger partial charge in [0, 0.05) is 30.4 Å². The van der Waals surface area contributed by atoms with Crippen LogP contribution >= 0.6 is 0 Å². The number of nitro groups is 1. The third-order valence-corrected chi connectivity index (χ3v) is 5.23. The zero-order valence-electron chi connectivity index (χ0n) is 17.4. The van der Waals surface area contributed by atoms with Crippen molar-refractivity contribution in [1.82, 2.24) is 5.32 Å². The van der Waals surface area contributed by atoms with E-state index in [2.05, 4.69) is 10.6 Å². The van der Waals surface area contributed by atoms with Gasteiger partial charge in [0.15, 0.2) is 0 Å². The van der Waals surface area contributed by atoms with Crippen molar-refractivity contribution in [2.24, 2.45) is 0 Å². The maximum atomic E-state index is 12.5. The van der Waals surface area contributed by atoms with Crippen molar-refractivity contribution < 1.29 is 14.5 Å². The average Bonchev–Trinajstić information content (AvgIpc) is 3.23. The van der Waals surface area contributed by atoms with Crippen LogP contribution < -0.4 is 15.5 Å². The molecule has 1 aliphatic heterocycles. The second kappa shape index (κ2) is 8.94. The number of carbonyl (C=O) groups excluding carboxylic acids is 2. The van der Waals surface area contributed by atoms with Crippen molar-refractivity contribution in [3.05, 3.63) is 62.7 Å². The van der Waals surface area contributed by atoms with Crippen LogP contribution in [0, 0.1) is 30.9 Å². The van der Waals surface area contributed by atoms with Crippen LogP contribution in [0.3, 0.4) is 0 Å². The Labute approximate surface area is 175 Å². The normalized spacial score (nSPS) is 13.2. The van der Waals surface area contributed by atoms with Gasteiger partial charge in [-0.25, -0.2) is 0 Å². The molecule has 8 heteroatoms. The highest BCUT2D eigenvalue weighted by Gasteiger charge is 2.24. The summed E-state index contributed by atoms with van der Waals surface area (Å²) >= 11 is 0. The highest BCUT2D eigenvalue weighted by molar-refractivity contribution is 6.00. The molecule has 3 rings (SSSR count). The Balaban J connectivity index is 1.66. The standard InChI is InChI=1S/C22H26N4O4/c1-14-10-15(2)21(16(3)11-14)24-20(27)13-23-22(28)17-6-7-18(19(12-17)26(29)30)25-8-4-5-9-25/h6-7,10-12H,4-5,8-9,13H2,1-3H3,(H,23,28)(H,24,27). The van der Waals surface area contributed by atoms with E-state index in [-0.39, 0.29) is 23.7 Å². The van der Waals surface area contributed by atoms with Crippen LogP contribution in [-0.2, 0) is 4.79 Å². The number of anilines is 2. The fourth-order valence-corrected chi connectivity index (χ4v) is 3.86. The largest absolute Gasteiger partial charge is 0.366 e. The van der Waals surface area contributed by atoms with Crippen molar-refractivity contribution in [2.45, 2.75) is 33.6 Å². The number of aryl methyl sites for hydroxylation is 3. The molecule has 0 radical (unpaired) electrons.